The van der Waals surface area contributed by atoms with Gasteiger partial charge in [-0.05, 0) is 12.8 Å². The van der Waals surface area contributed by atoms with Crippen LogP contribution in [0.1, 0.15) is 12.8 Å². The highest BCUT2D eigenvalue weighted by Gasteiger charge is 2.39. The minimum absolute atomic E-state index is 0.250. The highest BCUT2D eigenvalue weighted by Crippen LogP contribution is 2.33. The van der Waals surface area contributed by atoms with Gasteiger partial charge in [-0.2, -0.15) is 0 Å². The minimum atomic E-state index is -3.14. The summed E-state index contributed by atoms with van der Waals surface area (Å²) in [5.74, 6) is -0.588. The van der Waals surface area contributed by atoms with Crippen molar-refractivity contribution < 1.29 is 27.5 Å². The third-order valence-corrected chi connectivity index (χ3v) is 2.55. The molecule has 7 heteroatoms. The van der Waals surface area contributed by atoms with Crippen molar-refractivity contribution in [2.75, 3.05) is 14.2 Å². The van der Waals surface area contributed by atoms with Gasteiger partial charge in [0.05, 0.1) is 13.2 Å². The summed E-state index contributed by atoms with van der Waals surface area (Å²) in [6, 6.07) is 0. The van der Waals surface area contributed by atoms with Crippen LogP contribution in [0.3, 0.4) is 0 Å². The van der Waals surface area contributed by atoms with Gasteiger partial charge >= 0.3 is 0 Å². The van der Waals surface area contributed by atoms with Crippen LogP contribution in [-0.2, 0) is 14.4 Å². The zero-order valence-electron chi connectivity index (χ0n) is 9.03. The summed E-state index contributed by atoms with van der Waals surface area (Å²) >= 11 is 0. The molecule has 1 unspecified atom stereocenters. The van der Waals surface area contributed by atoms with Crippen LogP contribution in [0.5, 0.6) is 0 Å². The van der Waals surface area contributed by atoms with Gasteiger partial charge in [0.2, 0.25) is 5.91 Å². The van der Waals surface area contributed by atoms with Crippen molar-refractivity contribution in [3.8, 4) is 0 Å². The Hall–Kier alpha value is -0.820. The molecule has 0 aromatic heterocycles. The van der Waals surface area contributed by atoms with Crippen LogP contribution < -0.4 is 0 Å². The first-order valence-electron chi connectivity index (χ1n) is 4.85. The summed E-state index contributed by atoms with van der Waals surface area (Å²) in [6.45, 7) is 0. The molecule has 1 saturated carbocycles. The van der Waals surface area contributed by atoms with E-state index < -0.39 is 18.9 Å². The zero-order chi connectivity index (χ0) is 12.3. The van der Waals surface area contributed by atoms with E-state index in [1.165, 1.54) is 14.2 Å². The lowest BCUT2D eigenvalue weighted by Crippen LogP contribution is -2.44. The molecule has 0 aromatic carbocycles. The molecule has 0 saturated heterocycles. The lowest BCUT2D eigenvalue weighted by Gasteiger charge is -2.36. The number of hydroxylamine groups is 2. The Morgan fingerprint density at radius 3 is 2.38 bits per heavy atom. The van der Waals surface area contributed by atoms with E-state index in [2.05, 4.69) is 9.57 Å². The summed E-state index contributed by atoms with van der Waals surface area (Å²) in [7, 11) is 2.80. The maximum Gasteiger partial charge on any atom is 0.293 e. The second-order valence-electron chi connectivity index (χ2n) is 3.63. The molecule has 0 radical (unpaired) electrons. The number of nitrogens with zero attached hydrogens (tertiary/aromatic N) is 1. The molecule has 1 fully saturated rings. The molecule has 4 nitrogen and oxygen atoms in total. The number of ether oxygens (including phenoxy) is 1. The molecule has 0 spiro atoms. The van der Waals surface area contributed by atoms with E-state index in [1.807, 2.05) is 0 Å². The Balaban J connectivity index is 2.25. The average Bonchev–Trinajstić information content (AvgIpc) is 2.19. The fraction of sp³-hybridized carbons (Fsp3) is 0.889. The molecule has 1 aliphatic rings. The van der Waals surface area contributed by atoms with Crippen molar-refractivity contribution in [1.29, 1.82) is 0 Å². The fourth-order valence-corrected chi connectivity index (χ4v) is 1.47. The van der Waals surface area contributed by atoms with Gasteiger partial charge in [-0.25, -0.2) is 18.2 Å². The second-order valence-corrected chi connectivity index (χ2v) is 3.63. The first-order chi connectivity index (χ1) is 7.45. The van der Waals surface area contributed by atoms with Gasteiger partial charge in [0.15, 0.2) is 0 Å². The van der Waals surface area contributed by atoms with E-state index in [0.717, 1.165) is 5.06 Å². The average molecular weight is 241 g/mol. The van der Waals surface area contributed by atoms with Crippen LogP contribution >= 0.6 is 0 Å². The van der Waals surface area contributed by atoms with Gasteiger partial charge in [-0.1, -0.05) is 0 Å². The predicted octanol–water partition coefficient (Wildman–Crippen LogP) is 1.36. The molecule has 1 aliphatic carbocycles. The van der Waals surface area contributed by atoms with E-state index in [4.69, 9.17) is 0 Å². The molecule has 0 aromatic rings. The van der Waals surface area contributed by atoms with E-state index in [0.29, 0.717) is 0 Å². The van der Waals surface area contributed by atoms with Crippen molar-refractivity contribution in [3.63, 3.8) is 0 Å². The Morgan fingerprint density at radius 1 is 1.38 bits per heavy atom. The van der Waals surface area contributed by atoms with Gasteiger partial charge in [0.25, 0.3) is 12.8 Å². The Labute approximate surface area is 91.3 Å². The number of carbonyl (C=O) groups is 1. The SMILES string of the molecule is CON(C)C(=O)C1CC(OC(F)C(F)F)C1. The Kier molecular flexibility index (Phi) is 4.55. The second kappa shape index (κ2) is 5.49. The maximum absolute atomic E-state index is 12.5. The normalized spacial score (nSPS) is 26.4. The van der Waals surface area contributed by atoms with Crippen LogP contribution in [0.4, 0.5) is 13.2 Å². The van der Waals surface area contributed by atoms with Crippen LogP contribution in [0.2, 0.25) is 0 Å². The van der Waals surface area contributed by atoms with Gasteiger partial charge in [-0.15, -0.1) is 0 Å². The molecular weight excluding hydrogens is 227 g/mol. The van der Waals surface area contributed by atoms with E-state index >= 15 is 0 Å². The van der Waals surface area contributed by atoms with E-state index in [-0.39, 0.29) is 24.7 Å². The number of amides is 1. The topological polar surface area (TPSA) is 38.8 Å². The van der Waals surface area contributed by atoms with Crippen LogP contribution in [-0.4, -0.2) is 44.0 Å². The number of halogens is 3. The van der Waals surface area contributed by atoms with Crippen LogP contribution in [0.15, 0.2) is 0 Å². The molecule has 1 rings (SSSR count). The standard InChI is InChI=1S/C9H14F3NO3/c1-13(15-2)9(14)5-3-6(4-5)16-8(12)7(10)11/h5-8H,3-4H2,1-2H3. The highest BCUT2D eigenvalue weighted by atomic mass is 19.3. The number of hydrogen-bond donors (Lipinski definition) is 0. The molecule has 94 valence electrons. The molecule has 16 heavy (non-hydrogen) atoms. The van der Waals surface area contributed by atoms with Crippen molar-refractivity contribution >= 4 is 5.91 Å². The Bertz CT molecular complexity index is 246. The summed E-state index contributed by atoms with van der Waals surface area (Å²) in [6.07, 6.45) is -5.82. The number of carbonyl (C=O) groups excluding carboxylic acids is 1. The van der Waals surface area contributed by atoms with Crippen molar-refractivity contribution in [2.24, 2.45) is 5.92 Å². The summed E-state index contributed by atoms with van der Waals surface area (Å²) < 4.78 is 40.5. The van der Waals surface area contributed by atoms with E-state index in [9.17, 15) is 18.0 Å². The van der Waals surface area contributed by atoms with E-state index in [1.54, 1.807) is 0 Å². The predicted molar refractivity (Wildman–Crippen MR) is 48.3 cm³/mol. The monoisotopic (exact) mass is 241 g/mol. The Morgan fingerprint density at radius 2 is 1.94 bits per heavy atom. The highest BCUT2D eigenvalue weighted by molar-refractivity contribution is 5.78. The van der Waals surface area contributed by atoms with Crippen molar-refractivity contribution in [1.82, 2.24) is 5.06 Å². The smallest absolute Gasteiger partial charge is 0.293 e. The van der Waals surface area contributed by atoms with Gasteiger partial charge in [0.1, 0.15) is 0 Å². The third kappa shape index (κ3) is 3.08. The fourth-order valence-electron chi connectivity index (χ4n) is 1.47. The lowest BCUT2D eigenvalue weighted by atomic mass is 9.81. The molecule has 0 heterocycles. The van der Waals surface area contributed by atoms with Crippen molar-refractivity contribution in [2.45, 2.75) is 31.7 Å². The first-order valence-corrected chi connectivity index (χ1v) is 4.85. The summed E-state index contributed by atoms with van der Waals surface area (Å²) in [5.41, 5.74) is 0. The first kappa shape index (κ1) is 13.2. The molecular formula is C9H14F3NO3. The number of hydrogen-bond acceptors (Lipinski definition) is 3. The molecule has 1 amide bonds. The van der Waals surface area contributed by atoms with Crippen LogP contribution in [0, 0.1) is 5.92 Å². The molecule has 0 aliphatic heterocycles. The number of alkyl halides is 3. The molecule has 1 atom stereocenters. The van der Waals surface area contributed by atoms with Crippen molar-refractivity contribution in [3.05, 3.63) is 0 Å². The summed E-state index contributed by atoms with van der Waals surface area (Å²) in [4.78, 5) is 16.1. The minimum Gasteiger partial charge on any atom is -0.340 e. The van der Waals surface area contributed by atoms with Crippen LogP contribution in [0.25, 0.3) is 0 Å². The van der Waals surface area contributed by atoms with Gasteiger partial charge in [0, 0.05) is 13.0 Å². The molecule has 0 bridgehead atoms. The zero-order valence-corrected chi connectivity index (χ0v) is 9.03. The molecule has 0 N–H and O–H groups in total. The third-order valence-electron chi connectivity index (χ3n) is 2.55. The summed E-state index contributed by atoms with van der Waals surface area (Å²) in [5, 5.41) is 1.06. The van der Waals surface area contributed by atoms with Gasteiger partial charge < -0.3 is 4.74 Å². The number of rotatable bonds is 5. The largest absolute Gasteiger partial charge is 0.340 e. The lowest BCUT2D eigenvalue weighted by molar-refractivity contribution is -0.200. The maximum atomic E-state index is 12.5. The quantitative estimate of drug-likeness (QED) is 0.682. The van der Waals surface area contributed by atoms with Gasteiger partial charge in [-0.3, -0.25) is 9.63 Å².